The van der Waals surface area contributed by atoms with Gasteiger partial charge in [0.1, 0.15) is 6.17 Å². The highest BCUT2D eigenvalue weighted by Gasteiger charge is 2.10. The Morgan fingerprint density at radius 1 is 1.78 bits per heavy atom. The first-order valence-electron chi connectivity index (χ1n) is 3.34. The maximum atomic E-state index is 12.7. The van der Waals surface area contributed by atoms with E-state index in [1.54, 1.807) is 0 Å². The molecule has 0 amide bonds. The van der Waals surface area contributed by atoms with E-state index in [0.717, 1.165) is 12.0 Å². The van der Waals surface area contributed by atoms with Gasteiger partial charge in [-0.1, -0.05) is 25.2 Å². The van der Waals surface area contributed by atoms with E-state index < -0.39 is 6.17 Å². The maximum absolute atomic E-state index is 12.7. The minimum Gasteiger partial charge on any atom is -0.242 e. The summed E-state index contributed by atoms with van der Waals surface area (Å²) in [6, 6.07) is 0. The van der Waals surface area contributed by atoms with Crippen LogP contribution in [0.2, 0.25) is 0 Å². The summed E-state index contributed by atoms with van der Waals surface area (Å²) < 4.78 is 12.7. The summed E-state index contributed by atoms with van der Waals surface area (Å²) in [4.78, 5) is 0. The molecule has 1 atom stereocenters. The van der Waals surface area contributed by atoms with E-state index in [-0.39, 0.29) is 0 Å². The Kier molecular flexibility index (Phi) is 2.04. The summed E-state index contributed by atoms with van der Waals surface area (Å²) in [6.45, 7) is 1.98. The fourth-order valence-electron chi connectivity index (χ4n) is 0.985. The topological polar surface area (TPSA) is 0 Å². The lowest BCUT2D eigenvalue weighted by atomic mass is 10.0. The molecule has 0 heterocycles. The molecular formula is C8H11F. The van der Waals surface area contributed by atoms with Gasteiger partial charge in [0.2, 0.25) is 0 Å². The van der Waals surface area contributed by atoms with E-state index >= 15 is 0 Å². The molecule has 1 rings (SSSR count). The molecule has 0 spiro atoms. The minimum absolute atomic E-state index is 0.569. The summed E-state index contributed by atoms with van der Waals surface area (Å²) in [5, 5.41) is 0. The van der Waals surface area contributed by atoms with Gasteiger partial charge < -0.3 is 0 Å². The number of hydrogen-bond acceptors (Lipinski definition) is 0. The largest absolute Gasteiger partial charge is 0.242 e. The molecular weight excluding hydrogens is 115 g/mol. The minimum atomic E-state index is -0.708. The third-order valence-electron chi connectivity index (χ3n) is 1.60. The van der Waals surface area contributed by atoms with Crippen LogP contribution in [0.1, 0.15) is 19.8 Å². The first-order chi connectivity index (χ1) is 4.34. The van der Waals surface area contributed by atoms with E-state index in [4.69, 9.17) is 0 Å². The van der Waals surface area contributed by atoms with Gasteiger partial charge in [-0.2, -0.15) is 0 Å². The second-order valence-corrected chi connectivity index (χ2v) is 2.23. The Bertz CT molecular complexity index is 145. The first kappa shape index (κ1) is 6.53. The normalized spacial score (nSPS) is 26.0. The van der Waals surface area contributed by atoms with E-state index in [2.05, 4.69) is 0 Å². The Morgan fingerprint density at radius 2 is 2.56 bits per heavy atom. The molecule has 0 radical (unpaired) electrons. The van der Waals surface area contributed by atoms with Crippen LogP contribution in [0.25, 0.3) is 0 Å². The number of alkyl halides is 1. The molecule has 0 N–H and O–H groups in total. The van der Waals surface area contributed by atoms with E-state index in [1.807, 2.05) is 25.2 Å². The fourth-order valence-corrected chi connectivity index (χ4v) is 0.985. The van der Waals surface area contributed by atoms with Crippen LogP contribution in [0.4, 0.5) is 4.39 Å². The average Bonchev–Trinajstić information content (AvgIpc) is 1.89. The lowest BCUT2D eigenvalue weighted by molar-refractivity contribution is 0.376. The number of hydrogen-bond donors (Lipinski definition) is 0. The number of rotatable bonds is 1. The molecule has 0 saturated heterocycles. The standard InChI is InChI=1S/C8H11F/c1-2-7-5-3-4-6-8(7)9/h3-5,8H,2,6H2,1H3. The zero-order valence-corrected chi connectivity index (χ0v) is 5.60. The number of allylic oxidation sites excluding steroid dienone is 4. The molecule has 1 unspecified atom stereocenters. The highest BCUT2D eigenvalue weighted by Crippen LogP contribution is 2.18. The van der Waals surface area contributed by atoms with Crippen molar-refractivity contribution in [2.45, 2.75) is 25.9 Å². The molecule has 0 aromatic carbocycles. The first-order valence-corrected chi connectivity index (χ1v) is 3.34. The van der Waals surface area contributed by atoms with Gasteiger partial charge in [-0.05, 0) is 12.0 Å². The van der Waals surface area contributed by atoms with Crippen molar-refractivity contribution in [3.8, 4) is 0 Å². The van der Waals surface area contributed by atoms with Gasteiger partial charge in [0.25, 0.3) is 0 Å². The third-order valence-corrected chi connectivity index (χ3v) is 1.60. The van der Waals surface area contributed by atoms with Crippen LogP contribution in [0, 0.1) is 0 Å². The molecule has 9 heavy (non-hydrogen) atoms. The lowest BCUT2D eigenvalue weighted by Gasteiger charge is -2.10. The summed E-state index contributed by atoms with van der Waals surface area (Å²) in [5.41, 5.74) is 0.928. The quantitative estimate of drug-likeness (QED) is 0.506. The van der Waals surface area contributed by atoms with E-state index in [1.165, 1.54) is 0 Å². The predicted molar refractivity (Wildman–Crippen MR) is 37.0 cm³/mol. The zero-order chi connectivity index (χ0) is 6.69. The zero-order valence-electron chi connectivity index (χ0n) is 5.60. The molecule has 0 aromatic rings. The van der Waals surface area contributed by atoms with E-state index in [9.17, 15) is 4.39 Å². The molecule has 50 valence electrons. The molecule has 0 nitrogen and oxygen atoms in total. The predicted octanol–water partition coefficient (Wildman–Crippen LogP) is 2.62. The molecule has 1 aliphatic carbocycles. The van der Waals surface area contributed by atoms with Gasteiger partial charge in [-0.25, -0.2) is 4.39 Å². The second kappa shape index (κ2) is 2.81. The van der Waals surface area contributed by atoms with Crippen LogP contribution in [0.5, 0.6) is 0 Å². The molecule has 0 aromatic heterocycles. The molecule has 0 bridgehead atoms. The van der Waals surface area contributed by atoms with Crippen LogP contribution < -0.4 is 0 Å². The summed E-state index contributed by atoms with van der Waals surface area (Å²) in [5.74, 6) is 0. The highest BCUT2D eigenvalue weighted by atomic mass is 19.1. The maximum Gasteiger partial charge on any atom is 0.125 e. The third kappa shape index (κ3) is 1.41. The van der Waals surface area contributed by atoms with Crippen LogP contribution in [-0.2, 0) is 0 Å². The Hall–Kier alpha value is -0.590. The van der Waals surface area contributed by atoms with Crippen LogP contribution >= 0.6 is 0 Å². The SMILES string of the molecule is CCC1=CC=CCC1F. The monoisotopic (exact) mass is 126 g/mol. The van der Waals surface area contributed by atoms with Crippen molar-refractivity contribution < 1.29 is 4.39 Å². The summed E-state index contributed by atoms with van der Waals surface area (Å²) in [6.07, 6.45) is 6.36. The highest BCUT2D eigenvalue weighted by molar-refractivity contribution is 5.21. The van der Waals surface area contributed by atoms with Gasteiger partial charge >= 0.3 is 0 Å². The molecule has 0 saturated carbocycles. The molecule has 1 heteroatoms. The van der Waals surface area contributed by atoms with Crippen LogP contribution in [-0.4, -0.2) is 6.17 Å². The van der Waals surface area contributed by atoms with Crippen molar-refractivity contribution in [1.82, 2.24) is 0 Å². The number of halogens is 1. The lowest BCUT2D eigenvalue weighted by Crippen LogP contribution is -2.04. The summed E-state index contributed by atoms with van der Waals surface area (Å²) >= 11 is 0. The Morgan fingerprint density at radius 3 is 3.00 bits per heavy atom. The Labute approximate surface area is 55.1 Å². The van der Waals surface area contributed by atoms with Gasteiger partial charge in [0.15, 0.2) is 0 Å². The van der Waals surface area contributed by atoms with E-state index in [0.29, 0.717) is 6.42 Å². The van der Waals surface area contributed by atoms with Gasteiger partial charge in [-0.3, -0.25) is 0 Å². The molecule has 0 aliphatic heterocycles. The fraction of sp³-hybridized carbons (Fsp3) is 0.500. The van der Waals surface area contributed by atoms with Gasteiger partial charge in [0, 0.05) is 6.42 Å². The molecule has 0 fully saturated rings. The van der Waals surface area contributed by atoms with Crippen molar-refractivity contribution in [3.05, 3.63) is 23.8 Å². The smallest absolute Gasteiger partial charge is 0.125 e. The average molecular weight is 126 g/mol. The molecule has 1 aliphatic rings. The van der Waals surface area contributed by atoms with Crippen LogP contribution in [0.3, 0.4) is 0 Å². The van der Waals surface area contributed by atoms with Crippen molar-refractivity contribution in [1.29, 1.82) is 0 Å². The Balaban J connectivity index is 2.63. The van der Waals surface area contributed by atoms with Gasteiger partial charge in [0.05, 0.1) is 0 Å². The summed E-state index contributed by atoms with van der Waals surface area (Å²) in [7, 11) is 0. The van der Waals surface area contributed by atoms with Crippen molar-refractivity contribution >= 4 is 0 Å². The van der Waals surface area contributed by atoms with Crippen molar-refractivity contribution in [2.75, 3.05) is 0 Å². The van der Waals surface area contributed by atoms with Crippen LogP contribution in [0.15, 0.2) is 23.8 Å². The van der Waals surface area contributed by atoms with Crippen molar-refractivity contribution in [2.24, 2.45) is 0 Å². The van der Waals surface area contributed by atoms with Gasteiger partial charge in [-0.15, -0.1) is 0 Å². The second-order valence-electron chi connectivity index (χ2n) is 2.23. The van der Waals surface area contributed by atoms with Crippen molar-refractivity contribution in [3.63, 3.8) is 0 Å².